The Balaban J connectivity index is 0.000000316. The molecule has 226 valence electrons. The van der Waals surface area contributed by atoms with Crippen molar-refractivity contribution in [3.05, 3.63) is 59.9 Å². The van der Waals surface area contributed by atoms with E-state index in [1.165, 1.54) is 0 Å². The fourth-order valence-electron chi connectivity index (χ4n) is 4.53. The van der Waals surface area contributed by atoms with Gasteiger partial charge >= 0.3 is 17.9 Å². The zero-order valence-corrected chi connectivity index (χ0v) is 23.4. The summed E-state index contributed by atoms with van der Waals surface area (Å²) in [4.78, 5) is 42.1. The third-order valence-electron chi connectivity index (χ3n) is 6.53. The number of carboxylic acid groups (broad SMARTS) is 3. The van der Waals surface area contributed by atoms with Gasteiger partial charge in [0.1, 0.15) is 5.75 Å². The van der Waals surface area contributed by atoms with Gasteiger partial charge in [-0.05, 0) is 43.2 Å². The first-order valence-electron chi connectivity index (χ1n) is 13.2. The molecule has 2 aromatic heterocycles. The molecule has 1 aliphatic rings. The molecule has 42 heavy (non-hydrogen) atoms. The molecule has 0 aliphatic carbocycles. The van der Waals surface area contributed by atoms with Gasteiger partial charge in [-0.15, -0.1) is 0 Å². The maximum absolute atomic E-state index is 10.3. The van der Waals surface area contributed by atoms with Gasteiger partial charge in [-0.2, -0.15) is 0 Å². The summed E-state index contributed by atoms with van der Waals surface area (Å²) in [6.07, 6.45) is 2.05. The number of benzene rings is 1. The summed E-state index contributed by atoms with van der Waals surface area (Å²) in [5, 5.41) is 34.9. The van der Waals surface area contributed by atoms with Crippen LogP contribution in [0.2, 0.25) is 0 Å². The third-order valence-corrected chi connectivity index (χ3v) is 6.53. The van der Waals surface area contributed by atoms with Crippen LogP contribution in [-0.2, 0) is 32.2 Å². The summed E-state index contributed by atoms with van der Waals surface area (Å²) in [7, 11) is 3.33. The molecular weight excluding hydrogens is 550 g/mol. The standard InChI is InChI=1S/C23H27N3O3.C6H8O7/c1-27-20-9-8-17-12-18(23(28-2)25-22(17)13-20)14-26(16-21-7-5-11-29-21)15-19-6-3-4-10-24-19;7-3(8)1-6(13,5(11)12)2-4(9)10/h3-4,6,8-10,12-13,21H,5,7,11,14-16H2,1-2H3;13H,1-2H2,(H,7,8)(H,9,10)(H,11,12). The molecule has 1 unspecified atom stereocenters. The first kappa shape index (κ1) is 32.2. The monoisotopic (exact) mass is 585 g/mol. The summed E-state index contributed by atoms with van der Waals surface area (Å²) in [5.41, 5.74) is 0.222. The molecule has 13 heteroatoms. The Morgan fingerprint density at radius 3 is 2.31 bits per heavy atom. The number of aromatic nitrogens is 2. The Morgan fingerprint density at radius 2 is 1.76 bits per heavy atom. The number of nitrogens with zero attached hydrogens (tertiary/aromatic N) is 3. The summed E-state index contributed by atoms with van der Waals surface area (Å²) >= 11 is 0. The molecule has 1 fully saturated rings. The Bertz CT molecular complexity index is 1350. The molecule has 3 aromatic rings. The van der Waals surface area contributed by atoms with Crippen LogP contribution in [0, 0.1) is 0 Å². The number of hydrogen-bond donors (Lipinski definition) is 4. The minimum atomic E-state index is -2.74. The van der Waals surface area contributed by atoms with Crippen LogP contribution in [0.5, 0.6) is 11.6 Å². The topological polar surface area (TPSA) is 189 Å². The van der Waals surface area contributed by atoms with Crippen molar-refractivity contribution in [2.24, 2.45) is 0 Å². The Morgan fingerprint density at radius 1 is 1.02 bits per heavy atom. The van der Waals surface area contributed by atoms with Crippen LogP contribution in [0.1, 0.15) is 36.9 Å². The van der Waals surface area contributed by atoms with E-state index in [9.17, 15) is 14.4 Å². The first-order chi connectivity index (χ1) is 20.0. The average Bonchev–Trinajstić information content (AvgIpc) is 3.45. The summed E-state index contributed by atoms with van der Waals surface area (Å²) < 4.78 is 16.8. The fraction of sp³-hybridized carbons (Fsp3) is 0.414. The number of pyridine rings is 2. The lowest BCUT2D eigenvalue weighted by atomic mass is 9.96. The highest BCUT2D eigenvalue weighted by molar-refractivity contribution is 5.88. The highest BCUT2D eigenvalue weighted by Gasteiger charge is 2.40. The number of rotatable bonds is 13. The number of methoxy groups -OCH3 is 2. The van der Waals surface area contributed by atoms with Crippen LogP contribution in [0.15, 0.2) is 48.7 Å². The largest absolute Gasteiger partial charge is 0.497 e. The van der Waals surface area contributed by atoms with Gasteiger partial charge in [-0.25, -0.2) is 9.78 Å². The van der Waals surface area contributed by atoms with Gasteiger partial charge in [0.15, 0.2) is 5.60 Å². The lowest BCUT2D eigenvalue weighted by molar-refractivity contribution is -0.170. The van der Waals surface area contributed by atoms with Gasteiger partial charge in [0.05, 0.1) is 44.4 Å². The number of aliphatic carboxylic acids is 3. The number of aliphatic hydroxyl groups is 1. The predicted octanol–water partition coefficient (Wildman–Crippen LogP) is 2.58. The van der Waals surface area contributed by atoms with E-state index in [4.69, 9.17) is 39.6 Å². The number of ether oxygens (including phenoxy) is 3. The van der Waals surface area contributed by atoms with Gasteiger partial charge in [-0.3, -0.25) is 19.5 Å². The van der Waals surface area contributed by atoms with E-state index in [1.807, 2.05) is 36.5 Å². The average molecular weight is 586 g/mol. The molecule has 1 saturated heterocycles. The summed E-state index contributed by atoms with van der Waals surface area (Å²) in [6.45, 7) is 3.18. The van der Waals surface area contributed by atoms with Crippen LogP contribution >= 0.6 is 0 Å². The molecule has 0 saturated carbocycles. The molecule has 4 rings (SSSR count). The minimum Gasteiger partial charge on any atom is -0.497 e. The minimum absolute atomic E-state index is 0.266. The van der Waals surface area contributed by atoms with Crippen LogP contribution in [0.25, 0.3) is 10.9 Å². The van der Waals surface area contributed by atoms with E-state index < -0.39 is 36.4 Å². The van der Waals surface area contributed by atoms with Gasteiger partial charge in [0.25, 0.3) is 0 Å². The van der Waals surface area contributed by atoms with Crippen molar-refractivity contribution < 1.29 is 49.0 Å². The lowest BCUT2D eigenvalue weighted by Gasteiger charge is -2.25. The molecule has 1 atom stereocenters. The van der Waals surface area contributed by atoms with Crippen molar-refractivity contribution in [3.8, 4) is 11.6 Å². The first-order valence-corrected chi connectivity index (χ1v) is 13.2. The lowest BCUT2D eigenvalue weighted by Crippen LogP contribution is -2.42. The zero-order valence-electron chi connectivity index (χ0n) is 23.4. The van der Waals surface area contributed by atoms with Gasteiger partial charge in [0, 0.05) is 49.5 Å². The number of carboxylic acids is 3. The molecule has 0 radical (unpaired) electrons. The number of carbonyl (C=O) groups is 3. The zero-order chi connectivity index (χ0) is 30.7. The molecule has 0 amide bonds. The van der Waals surface area contributed by atoms with E-state index in [0.717, 1.165) is 60.4 Å². The Labute approximate surface area is 242 Å². The Kier molecular flexibility index (Phi) is 11.5. The van der Waals surface area contributed by atoms with E-state index >= 15 is 0 Å². The fourth-order valence-corrected chi connectivity index (χ4v) is 4.53. The van der Waals surface area contributed by atoms with Crippen LogP contribution in [0.3, 0.4) is 0 Å². The maximum atomic E-state index is 10.3. The van der Waals surface area contributed by atoms with E-state index in [2.05, 4.69) is 22.0 Å². The molecule has 0 spiro atoms. The van der Waals surface area contributed by atoms with Gasteiger partial charge in [0.2, 0.25) is 5.88 Å². The van der Waals surface area contributed by atoms with Crippen molar-refractivity contribution in [3.63, 3.8) is 0 Å². The number of fused-ring (bicyclic) bond motifs is 1. The van der Waals surface area contributed by atoms with Gasteiger partial charge in [-0.1, -0.05) is 6.07 Å². The summed E-state index contributed by atoms with van der Waals surface area (Å²) in [5.74, 6) is -3.59. The van der Waals surface area contributed by atoms with Crippen molar-refractivity contribution in [2.45, 2.75) is 50.5 Å². The van der Waals surface area contributed by atoms with Crippen molar-refractivity contribution >= 4 is 28.8 Å². The molecular formula is C29H35N3O10. The summed E-state index contributed by atoms with van der Waals surface area (Å²) in [6, 6.07) is 14.1. The van der Waals surface area contributed by atoms with Crippen molar-refractivity contribution in [1.29, 1.82) is 0 Å². The highest BCUT2D eigenvalue weighted by Crippen LogP contribution is 2.27. The van der Waals surface area contributed by atoms with Crippen LogP contribution in [0.4, 0.5) is 0 Å². The second-order valence-corrected chi connectivity index (χ2v) is 9.82. The molecule has 1 aromatic carbocycles. The van der Waals surface area contributed by atoms with E-state index in [0.29, 0.717) is 12.4 Å². The van der Waals surface area contributed by atoms with E-state index in [-0.39, 0.29) is 6.10 Å². The third kappa shape index (κ3) is 9.36. The van der Waals surface area contributed by atoms with Crippen molar-refractivity contribution in [1.82, 2.24) is 14.9 Å². The molecule has 13 nitrogen and oxygen atoms in total. The molecule has 0 bridgehead atoms. The van der Waals surface area contributed by atoms with Crippen LogP contribution < -0.4 is 9.47 Å². The smallest absolute Gasteiger partial charge is 0.336 e. The quantitative estimate of drug-likeness (QED) is 0.229. The maximum Gasteiger partial charge on any atom is 0.336 e. The van der Waals surface area contributed by atoms with Crippen LogP contribution in [-0.4, -0.2) is 92.3 Å². The Hall–Kier alpha value is -4.33. The molecule has 1 aliphatic heterocycles. The SMILES string of the molecule is COc1ccc2cc(CN(Cc3ccccn3)CC3CCCO3)c(OC)nc2c1.O=C(O)CC(O)(CC(=O)O)C(=O)O. The van der Waals surface area contributed by atoms with Crippen molar-refractivity contribution in [2.75, 3.05) is 27.4 Å². The van der Waals surface area contributed by atoms with E-state index in [1.54, 1.807) is 14.2 Å². The molecule has 3 heterocycles. The second-order valence-electron chi connectivity index (χ2n) is 9.82. The van der Waals surface area contributed by atoms with Gasteiger partial charge < -0.3 is 34.6 Å². The normalized spacial score (nSPS) is 14.7. The number of hydrogen-bond acceptors (Lipinski definition) is 10. The second kappa shape index (κ2) is 15.1. The highest BCUT2D eigenvalue weighted by atomic mass is 16.5. The predicted molar refractivity (Wildman–Crippen MR) is 149 cm³/mol. The molecule has 4 N–H and O–H groups in total.